The number of nitrogens with one attached hydrogen (secondary N) is 1. The van der Waals surface area contributed by atoms with Crippen LogP contribution in [0.3, 0.4) is 0 Å². The first-order chi connectivity index (χ1) is 8.08. The Labute approximate surface area is 118 Å². The van der Waals surface area contributed by atoms with Crippen molar-refractivity contribution in [2.75, 3.05) is 5.32 Å². The van der Waals surface area contributed by atoms with Gasteiger partial charge in [0.1, 0.15) is 0 Å². The predicted molar refractivity (Wildman–Crippen MR) is 78.1 cm³/mol. The molecule has 0 radical (unpaired) electrons. The summed E-state index contributed by atoms with van der Waals surface area (Å²) < 4.78 is 1.71. The van der Waals surface area contributed by atoms with Crippen LogP contribution in [0.5, 0.6) is 0 Å². The maximum Gasteiger partial charge on any atom is 0.183 e. The highest BCUT2D eigenvalue weighted by molar-refractivity contribution is 9.10. The van der Waals surface area contributed by atoms with Crippen molar-refractivity contribution in [3.8, 4) is 0 Å². The minimum Gasteiger partial charge on any atom is -0.380 e. The van der Waals surface area contributed by atoms with Gasteiger partial charge in [-0.1, -0.05) is 33.6 Å². The first-order valence-electron chi connectivity index (χ1n) is 5.17. The highest BCUT2D eigenvalue weighted by Crippen LogP contribution is 2.28. The number of hydrogen-bond donors (Lipinski definition) is 1. The van der Waals surface area contributed by atoms with Crippen molar-refractivity contribution in [1.29, 1.82) is 0 Å². The summed E-state index contributed by atoms with van der Waals surface area (Å²) in [4.78, 5) is 5.16. The Balaban J connectivity index is 2.16. The lowest BCUT2D eigenvalue weighted by Crippen LogP contribution is -2.02. The molecule has 1 aromatic carbocycles. The molecule has 0 aliphatic carbocycles. The molecule has 0 unspecified atom stereocenters. The van der Waals surface area contributed by atoms with Gasteiger partial charge in [-0.2, -0.15) is 0 Å². The maximum absolute atomic E-state index is 5.80. The van der Waals surface area contributed by atoms with E-state index in [1.165, 1.54) is 28.2 Å². The fourth-order valence-corrected chi connectivity index (χ4v) is 2.88. The van der Waals surface area contributed by atoms with Crippen LogP contribution in [0.1, 0.15) is 16.0 Å². The maximum atomic E-state index is 5.80. The van der Waals surface area contributed by atoms with Crippen molar-refractivity contribution >= 4 is 44.6 Å². The molecule has 90 valence electrons. The van der Waals surface area contributed by atoms with Crippen LogP contribution in [0.2, 0.25) is 4.47 Å². The van der Waals surface area contributed by atoms with Gasteiger partial charge in [0.2, 0.25) is 0 Å². The second kappa shape index (κ2) is 5.38. The summed E-state index contributed by atoms with van der Waals surface area (Å²) >= 11 is 10.8. The highest BCUT2D eigenvalue weighted by Gasteiger charge is 2.06. The zero-order chi connectivity index (χ0) is 12.4. The van der Waals surface area contributed by atoms with Crippen LogP contribution >= 0.6 is 38.9 Å². The molecule has 0 aliphatic heterocycles. The molecule has 2 aromatic rings. The summed E-state index contributed by atoms with van der Waals surface area (Å²) in [5.74, 6) is 0. The van der Waals surface area contributed by atoms with E-state index < -0.39 is 0 Å². The molecule has 0 atom stereocenters. The van der Waals surface area contributed by atoms with Crippen LogP contribution in [0.4, 0.5) is 5.69 Å². The van der Waals surface area contributed by atoms with Gasteiger partial charge < -0.3 is 5.32 Å². The van der Waals surface area contributed by atoms with E-state index in [4.69, 9.17) is 11.6 Å². The molecule has 0 amide bonds. The third kappa shape index (κ3) is 3.00. The molecule has 0 fully saturated rings. The largest absolute Gasteiger partial charge is 0.380 e. The zero-order valence-corrected chi connectivity index (χ0v) is 12.7. The topological polar surface area (TPSA) is 24.9 Å². The molecule has 0 saturated carbocycles. The minimum absolute atomic E-state index is 0.587. The third-order valence-electron chi connectivity index (χ3n) is 2.57. The zero-order valence-electron chi connectivity index (χ0n) is 9.55. The van der Waals surface area contributed by atoms with Crippen molar-refractivity contribution in [2.24, 2.45) is 0 Å². The minimum atomic E-state index is 0.587. The number of anilines is 1. The molecule has 1 aromatic heterocycles. The van der Waals surface area contributed by atoms with Crippen molar-refractivity contribution in [3.63, 3.8) is 0 Å². The van der Waals surface area contributed by atoms with Crippen molar-refractivity contribution < 1.29 is 0 Å². The summed E-state index contributed by atoms with van der Waals surface area (Å²) in [7, 11) is 0. The lowest BCUT2D eigenvalue weighted by atomic mass is 10.1. The Morgan fingerprint density at radius 2 is 2.18 bits per heavy atom. The Morgan fingerprint density at radius 1 is 1.41 bits per heavy atom. The molecule has 0 aliphatic rings. The van der Waals surface area contributed by atoms with E-state index in [9.17, 15) is 0 Å². The Morgan fingerprint density at radius 3 is 2.82 bits per heavy atom. The highest BCUT2D eigenvalue weighted by atomic mass is 79.9. The van der Waals surface area contributed by atoms with E-state index in [1.807, 2.05) is 6.20 Å². The quantitative estimate of drug-likeness (QED) is 0.875. The van der Waals surface area contributed by atoms with Gasteiger partial charge in [0.25, 0.3) is 0 Å². The molecule has 2 nitrogen and oxygen atoms in total. The van der Waals surface area contributed by atoms with Gasteiger partial charge in [-0.05, 0) is 31.0 Å². The predicted octanol–water partition coefficient (Wildman–Crippen LogP) is 4.79. The number of benzene rings is 1. The molecule has 17 heavy (non-hydrogen) atoms. The van der Waals surface area contributed by atoms with Crippen LogP contribution in [0.15, 0.2) is 22.8 Å². The van der Waals surface area contributed by atoms with Crippen LogP contribution in [-0.4, -0.2) is 4.98 Å². The normalized spacial score (nSPS) is 10.6. The van der Waals surface area contributed by atoms with E-state index in [0.717, 1.165) is 15.9 Å². The number of rotatable bonds is 3. The first-order valence-corrected chi connectivity index (χ1v) is 7.16. The number of hydrogen-bond acceptors (Lipinski definition) is 3. The molecule has 5 heteroatoms. The summed E-state index contributed by atoms with van der Waals surface area (Å²) in [6, 6.07) is 4.17. The van der Waals surface area contributed by atoms with Gasteiger partial charge in [-0.25, -0.2) is 4.98 Å². The summed E-state index contributed by atoms with van der Waals surface area (Å²) in [6.07, 6.45) is 1.81. The van der Waals surface area contributed by atoms with E-state index in [-0.39, 0.29) is 0 Å². The fraction of sp³-hybridized carbons (Fsp3) is 0.250. The molecular formula is C12H12BrClN2S. The lowest BCUT2D eigenvalue weighted by molar-refractivity contribution is 1.15. The van der Waals surface area contributed by atoms with Crippen LogP contribution in [-0.2, 0) is 6.54 Å². The summed E-state index contributed by atoms with van der Waals surface area (Å²) in [5.41, 5.74) is 3.63. The van der Waals surface area contributed by atoms with Gasteiger partial charge in [0.15, 0.2) is 4.47 Å². The number of aromatic nitrogens is 1. The van der Waals surface area contributed by atoms with Crippen LogP contribution in [0, 0.1) is 13.8 Å². The monoisotopic (exact) mass is 330 g/mol. The van der Waals surface area contributed by atoms with Crippen LogP contribution in [0.25, 0.3) is 0 Å². The van der Waals surface area contributed by atoms with Crippen LogP contribution < -0.4 is 5.32 Å². The molecule has 2 rings (SSSR count). The van der Waals surface area contributed by atoms with Gasteiger partial charge in [0.05, 0.1) is 6.54 Å². The molecule has 0 bridgehead atoms. The second-order valence-corrected chi connectivity index (χ2v) is 6.35. The summed E-state index contributed by atoms with van der Waals surface area (Å²) in [5, 5.41) is 3.43. The summed E-state index contributed by atoms with van der Waals surface area (Å²) in [6.45, 7) is 4.95. The SMILES string of the molecule is Cc1ccc(Br)c(C)c1NCc1cnc(Cl)s1. The third-order valence-corrected chi connectivity index (χ3v) is 4.55. The van der Waals surface area contributed by atoms with Gasteiger partial charge >= 0.3 is 0 Å². The van der Waals surface area contributed by atoms with Gasteiger partial charge in [-0.15, -0.1) is 11.3 Å². The van der Waals surface area contributed by atoms with E-state index in [2.05, 4.69) is 52.2 Å². The number of aryl methyl sites for hydroxylation is 1. The number of halogens is 2. The number of nitrogens with zero attached hydrogens (tertiary/aromatic N) is 1. The first kappa shape index (κ1) is 12.9. The average Bonchev–Trinajstić information content (AvgIpc) is 2.70. The van der Waals surface area contributed by atoms with Gasteiger partial charge in [-0.3, -0.25) is 0 Å². The number of thiazole rings is 1. The Hall–Kier alpha value is -0.580. The second-order valence-electron chi connectivity index (χ2n) is 3.80. The van der Waals surface area contributed by atoms with Gasteiger partial charge in [0, 0.05) is 21.2 Å². The Kier molecular flexibility index (Phi) is 4.07. The lowest BCUT2D eigenvalue weighted by Gasteiger charge is -2.13. The average molecular weight is 332 g/mol. The smallest absolute Gasteiger partial charge is 0.183 e. The van der Waals surface area contributed by atoms with E-state index >= 15 is 0 Å². The Bertz CT molecular complexity index is 539. The molecular weight excluding hydrogens is 320 g/mol. The van der Waals surface area contributed by atoms with Crippen molar-refractivity contribution in [3.05, 3.63) is 43.3 Å². The fourth-order valence-electron chi connectivity index (χ4n) is 1.63. The van der Waals surface area contributed by atoms with Crippen molar-refractivity contribution in [1.82, 2.24) is 4.98 Å². The standard InChI is InChI=1S/C12H12BrClN2S/c1-7-3-4-10(13)8(2)11(7)15-5-9-6-16-12(14)17-9/h3-4,6,15H,5H2,1-2H3. The molecule has 1 N–H and O–H groups in total. The van der Waals surface area contributed by atoms with E-state index in [1.54, 1.807) is 0 Å². The molecule has 1 heterocycles. The molecule has 0 saturated heterocycles. The van der Waals surface area contributed by atoms with E-state index in [0.29, 0.717) is 4.47 Å². The van der Waals surface area contributed by atoms with Crippen molar-refractivity contribution in [2.45, 2.75) is 20.4 Å². The molecule has 0 spiro atoms.